The normalized spacial score (nSPS) is 10.7. The second-order valence-corrected chi connectivity index (χ2v) is 5.58. The van der Waals surface area contributed by atoms with Crippen LogP contribution < -0.4 is 5.56 Å². The number of hydrogen-bond donors (Lipinski definition) is 1. The van der Waals surface area contributed by atoms with Crippen LogP contribution in [0.1, 0.15) is 12.6 Å². The number of aromatic nitrogens is 2. The van der Waals surface area contributed by atoms with E-state index in [4.69, 9.17) is 11.6 Å². The molecular weight excluding hydrogens is 359 g/mol. The van der Waals surface area contributed by atoms with Gasteiger partial charge >= 0.3 is 0 Å². The molecule has 0 saturated heterocycles. The molecule has 0 radical (unpaired) electrons. The molecule has 0 unspecified atom stereocenters. The first kappa shape index (κ1) is 12.1. The third-order valence-electron chi connectivity index (χ3n) is 2.07. The quantitative estimate of drug-likeness (QED) is 0.829. The van der Waals surface area contributed by atoms with Crippen molar-refractivity contribution in [2.75, 3.05) is 0 Å². The second kappa shape index (κ2) is 4.85. The molecule has 0 aliphatic carbocycles. The second-order valence-electron chi connectivity index (χ2n) is 3.16. The third kappa shape index (κ3) is 2.31. The Labute approximate surface area is 115 Å². The molecule has 0 amide bonds. The van der Waals surface area contributed by atoms with E-state index in [1.165, 1.54) is 11.3 Å². The molecule has 2 heterocycles. The number of H-pyrrole nitrogens is 1. The monoisotopic (exact) mass is 366 g/mol. The van der Waals surface area contributed by atoms with Crippen molar-refractivity contribution >= 4 is 45.5 Å². The van der Waals surface area contributed by atoms with Crippen molar-refractivity contribution in [2.45, 2.75) is 13.3 Å². The van der Waals surface area contributed by atoms with E-state index in [2.05, 4.69) is 9.97 Å². The largest absolute Gasteiger partial charge is 0.305 e. The topological polar surface area (TPSA) is 45.8 Å². The molecule has 1 N–H and O–H groups in total. The van der Waals surface area contributed by atoms with Crippen LogP contribution in [0.25, 0.3) is 10.7 Å². The first-order valence-electron chi connectivity index (χ1n) is 4.65. The summed E-state index contributed by atoms with van der Waals surface area (Å²) < 4.78 is 0.659. The van der Waals surface area contributed by atoms with E-state index in [0.29, 0.717) is 14.4 Å². The first-order chi connectivity index (χ1) is 7.61. The summed E-state index contributed by atoms with van der Waals surface area (Å²) in [6, 6.07) is 1.80. The average Bonchev–Trinajstić information content (AvgIpc) is 2.69. The number of nitrogens with one attached hydrogen (secondary N) is 1. The summed E-state index contributed by atoms with van der Waals surface area (Å²) in [5.74, 6) is 0.596. The number of rotatable bonds is 2. The Kier molecular flexibility index (Phi) is 3.66. The van der Waals surface area contributed by atoms with Crippen molar-refractivity contribution in [1.82, 2.24) is 9.97 Å². The van der Waals surface area contributed by atoms with Gasteiger partial charge in [0.1, 0.15) is 0 Å². The van der Waals surface area contributed by atoms with Crippen molar-refractivity contribution in [2.24, 2.45) is 0 Å². The summed E-state index contributed by atoms with van der Waals surface area (Å²) in [4.78, 5) is 19.7. The van der Waals surface area contributed by atoms with Crippen LogP contribution in [0, 0.1) is 3.57 Å². The number of aryl methyl sites for hydroxylation is 1. The fourth-order valence-corrected chi connectivity index (χ4v) is 2.95. The predicted octanol–water partition coefficient (Wildman–Crippen LogP) is 3.32. The van der Waals surface area contributed by atoms with Crippen LogP contribution >= 0.6 is 45.5 Å². The highest BCUT2D eigenvalue weighted by Gasteiger charge is 2.10. The van der Waals surface area contributed by atoms with Crippen LogP contribution in [0.4, 0.5) is 0 Å². The van der Waals surface area contributed by atoms with Gasteiger partial charge in [0.15, 0.2) is 5.82 Å². The fourth-order valence-electron chi connectivity index (χ4n) is 1.29. The van der Waals surface area contributed by atoms with Crippen LogP contribution in [0.15, 0.2) is 16.2 Å². The number of nitrogens with zero attached hydrogens (tertiary/aromatic N) is 1. The SMILES string of the molecule is CCc1nc(-c2cc(Cl)cs2)[nH]c(=O)c1I. The molecule has 0 aliphatic rings. The van der Waals surface area contributed by atoms with Gasteiger partial charge in [-0.3, -0.25) is 4.79 Å². The van der Waals surface area contributed by atoms with Crippen molar-refractivity contribution in [3.8, 4) is 10.7 Å². The molecular formula is C10H8ClIN2OS. The zero-order valence-electron chi connectivity index (χ0n) is 8.38. The van der Waals surface area contributed by atoms with Crippen LogP contribution in [-0.2, 0) is 6.42 Å². The molecule has 2 aromatic rings. The minimum Gasteiger partial charge on any atom is -0.305 e. The number of halogens is 2. The number of thiophene rings is 1. The number of aromatic amines is 1. The minimum atomic E-state index is -0.0908. The molecule has 6 heteroatoms. The van der Waals surface area contributed by atoms with Crippen molar-refractivity contribution in [1.29, 1.82) is 0 Å². The lowest BCUT2D eigenvalue weighted by molar-refractivity contribution is 0.971. The van der Waals surface area contributed by atoms with E-state index in [9.17, 15) is 4.79 Å². The summed E-state index contributed by atoms with van der Waals surface area (Å²) in [7, 11) is 0. The molecule has 0 fully saturated rings. The maximum absolute atomic E-state index is 11.7. The molecule has 0 bridgehead atoms. The Morgan fingerprint density at radius 1 is 1.62 bits per heavy atom. The maximum atomic E-state index is 11.7. The number of hydrogen-bond acceptors (Lipinski definition) is 3. The van der Waals surface area contributed by atoms with Gasteiger partial charge in [-0.25, -0.2) is 4.98 Å². The molecule has 3 nitrogen and oxygen atoms in total. The Bertz CT molecular complexity index is 578. The Balaban J connectivity index is 2.59. The molecule has 2 aromatic heterocycles. The minimum absolute atomic E-state index is 0.0908. The molecule has 2 rings (SSSR count). The lowest BCUT2D eigenvalue weighted by Crippen LogP contribution is -2.15. The predicted molar refractivity (Wildman–Crippen MR) is 75.3 cm³/mol. The van der Waals surface area contributed by atoms with Crippen molar-refractivity contribution in [3.05, 3.63) is 36.1 Å². The Hall–Kier alpha value is -0.400. The van der Waals surface area contributed by atoms with Gasteiger partial charge in [-0.05, 0) is 35.1 Å². The van der Waals surface area contributed by atoms with E-state index in [1.807, 2.05) is 34.9 Å². The standard InChI is InChI=1S/C10H8ClIN2OS/c1-2-6-8(12)10(15)14-9(13-6)7-3-5(11)4-16-7/h3-4H,2H2,1H3,(H,13,14,15). The van der Waals surface area contributed by atoms with E-state index in [1.54, 1.807) is 6.07 Å². The zero-order valence-corrected chi connectivity index (χ0v) is 12.1. The summed E-state index contributed by atoms with van der Waals surface area (Å²) in [6.07, 6.45) is 0.744. The van der Waals surface area contributed by atoms with E-state index >= 15 is 0 Å². The molecule has 84 valence electrons. The smallest absolute Gasteiger partial charge is 0.264 e. The van der Waals surface area contributed by atoms with E-state index < -0.39 is 0 Å². The molecule has 0 saturated carbocycles. The Morgan fingerprint density at radius 2 is 2.38 bits per heavy atom. The summed E-state index contributed by atoms with van der Waals surface area (Å²) in [5.41, 5.74) is 0.732. The summed E-state index contributed by atoms with van der Waals surface area (Å²) >= 11 is 9.33. The van der Waals surface area contributed by atoms with E-state index in [-0.39, 0.29) is 5.56 Å². The maximum Gasteiger partial charge on any atom is 0.264 e. The highest BCUT2D eigenvalue weighted by Crippen LogP contribution is 2.26. The summed E-state index contributed by atoms with van der Waals surface area (Å²) in [6.45, 7) is 1.98. The van der Waals surface area contributed by atoms with Gasteiger partial charge in [-0.2, -0.15) is 0 Å². The first-order valence-corrected chi connectivity index (χ1v) is 6.98. The van der Waals surface area contributed by atoms with Crippen LogP contribution in [0.2, 0.25) is 5.02 Å². The van der Waals surface area contributed by atoms with Gasteiger partial charge in [0.2, 0.25) is 0 Å². The van der Waals surface area contributed by atoms with Gasteiger partial charge in [0.25, 0.3) is 5.56 Å². The van der Waals surface area contributed by atoms with Gasteiger partial charge in [-0.1, -0.05) is 18.5 Å². The Morgan fingerprint density at radius 3 is 2.94 bits per heavy atom. The average molecular weight is 367 g/mol. The van der Waals surface area contributed by atoms with Crippen molar-refractivity contribution < 1.29 is 0 Å². The fraction of sp³-hybridized carbons (Fsp3) is 0.200. The molecule has 0 atom stereocenters. The van der Waals surface area contributed by atoms with Gasteiger partial charge < -0.3 is 4.98 Å². The molecule has 16 heavy (non-hydrogen) atoms. The van der Waals surface area contributed by atoms with Crippen LogP contribution in [-0.4, -0.2) is 9.97 Å². The molecule has 0 spiro atoms. The highest BCUT2D eigenvalue weighted by atomic mass is 127. The van der Waals surface area contributed by atoms with Crippen molar-refractivity contribution in [3.63, 3.8) is 0 Å². The van der Waals surface area contributed by atoms with Crippen LogP contribution in [0.5, 0.6) is 0 Å². The molecule has 0 aromatic carbocycles. The zero-order chi connectivity index (χ0) is 11.7. The lowest BCUT2D eigenvalue weighted by atomic mass is 10.3. The molecule has 0 aliphatic heterocycles. The lowest BCUT2D eigenvalue weighted by Gasteiger charge is -2.02. The van der Waals surface area contributed by atoms with E-state index in [0.717, 1.165) is 17.0 Å². The summed E-state index contributed by atoms with van der Waals surface area (Å²) in [5, 5.41) is 2.49. The van der Waals surface area contributed by atoms with Gasteiger partial charge in [0.05, 0.1) is 19.2 Å². The van der Waals surface area contributed by atoms with Gasteiger partial charge in [-0.15, -0.1) is 11.3 Å². The van der Waals surface area contributed by atoms with Crippen LogP contribution in [0.3, 0.4) is 0 Å². The third-order valence-corrected chi connectivity index (χ3v) is 4.46. The van der Waals surface area contributed by atoms with Gasteiger partial charge in [0, 0.05) is 5.38 Å². The highest BCUT2D eigenvalue weighted by molar-refractivity contribution is 14.1.